The minimum Gasteiger partial charge on any atom is -0.464 e. The zero-order chi connectivity index (χ0) is 19.8. The highest BCUT2D eigenvalue weighted by Gasteiger charge is 2.20. The summed E-state index contributed by atoms with van der Waals surface area (Å²) in [6.07, 6.45) is 0. The standard InChI is InChI=1S/C20H21ClN2O4/c1-13-8-7-10-16(19(23-26-4)20(24)25-3)17(13)12-27-22-14(2)15-9-5-6-11-18(15)21/h5-11H,12H2,1-4H3/b22-14+,23-19+. The van der Waals surface area contributed by atoms with Crippen LogP contribution in [0.5, 0.6) is 0 Å². The number of hydrogen-bond donors (Lipinski definition) is 0. The number of halogens is 1. The van der Waals surface area contributed by atoms with Crippen LogP contribution in [0.1, 0.15) is 29.2 Å². The van der Waals surface area contributed by atoms with Gasteiger partial charge in [-0.15, -0.1) is 0 Å². The summed E-state index contributed by atoms with van der Waals surface area (Å²) in [7, 11) is 2.66. The third-order valence-electron chi connectivity index (χ3n) is 3.90. The van der Waals surface area contributed by atoms with E-state index in [0.29, 0.717) is 16.3 Å². The Morgan fingerprint density at radius 2 is 1.74 bits per heavy atom. The van der Waals surface area contributed by atoms with Crippen LogP contribution in [0.2, 0.25) is 5.02 Å². The Labute approximate surface area is 163 Å². The van der Waals surface area contributed by atoms with Crippen molar-refractivity contribution in [3.8, 4) is 0 Å². The Morgan fingerprint density at radius 3 is 2.41 bits per heavy atom. The van der Waals surface area contributed by atoms with E-state index in [-0.39, 0.29) is 12.3 Å². The molecule has 0 aliphatic carbocycles. The molecule has 0 N–H and O–H groups in total. The van der Waals surface area contributed by atoms with Gasteiger partial charge in [0.25, 0.3) is 0 Å². The molecule has 0 saturated heterocycles. The van der Waals surface area contributed by atoms with Crippen molar-refractivity contribution in [2.24, 2.45) is 10.3 Å². The summed E-state index contributed by atoms with van der Waals surface area (Å²) >= 11 is 6.18. The predicted molar refractivity (Wildman–Crippen MR) is 105 cm³/mol. The lowest BCUT2D eigenvalue weighted by atomic mass is 9.99. The molecule has 0 heterocycles. The summed E-state index contributed by atoms with van der Waals surface area (Å²) in [5.74, 6) is -0.598. The molecule has 0 bridgehead atoms. The largest absolute Gasteiger partial charge is 0.464 e. The van der Waals surface area contributed by atoms with Crippen LogP contribution < -0.4 is 0 Å². The second-order valence-corrected chi connectivity index (χ2v) is 6.05. The van der Waals surface area contributed by atoms with Crippen molar-refractivity contribution in [2.45, 2.75) is 20.5 Å². The first-order valence-corrected chi connectivity index (χ1v) is 8.57. The highest BCUT2D eigenvalue weighted by atomic mass is 35.5. The minimum absolute atomic E-state index is 0.0640. The van der Waals surface area contributed by atoms with Crippen LogP contribution in [0.15, 0.2) is 52.8 Å². The molecule has 0 saturated carbocycles. The maximum Gasteiger partial charge on any atom is 0.360 e. The van der Waals surface area contributed by atoms with E-state index in [0.717, 1.165) is 16.7 Å². The number of benzene rings is 2. The van der Waals surface area contributed by atoms with Gasteiger partial charge in [-0.3, -0.25) is 0 Å². The van der Waals surface area contributed by atoms with Crippen LogP contribution in [-0.4, -0.2) is 31.6 Å². The van der Waals surface area contributed by atoms with E-state index in [2.05, 4.69) is 10.3 Å². The van der Waals surface area contributed by atoms with Crippen LogP contribution in [-0.2, 0) is 25.8 Å². The molecule has 0 unspecified atom stereocenters. The number of methoxy groups -OCH3 is 1. The summed E-state index contributed by atoms with van der Waals surface area (Å²) in [5, 5.41) is 8.55. The second-order valence-electron chi connectivity index (χ2n) is 5.65. The summed E-state index contributed by atoms with van der Waals surface area (Å²) in [6, 6.07) is 12.9. The molecule has 142 valence electrons. The molecule has 7 heteroatoms. The lowest BCUT2D eigenvalue weighted by Crippen LogP contribution is -2.20. The van der Waals surface area contributed by atoms with Crippen molar-refractivity contribution in [1.29, 1.82) is 0 Å². The number of hydrogen-bond acceptors (Lipinski definition) is 6. The highest BCUT2D eigenvalue weighted by Crippen LogP contribution is 2.19. The van der Waals surface area contributed by atoms with Gasteiger partial charge in [0.1, 0.15) is 13.7 Å². The highest BCUT2D eigenvalue weighted by molar-refractivity contribution is 6.43. The maximum atomic E-state index is 12.1. The van der Waals surface area contributed by atoms with E-state index in [9.17, 15) is 4.79 Å². The van der Waals surface area contributed by atoms with Crippen molar-refractivity contribution >= 4 is 29.0 Å². The van der Waals surface area contributed by atoms with Gasteiger partial charge < -0.3 is 14.4 Å². The Balaban J connectivity index is 2.29. The molecule has 0 spiro atoms. The smallest absolute Gasteiger partial charge is 0.360 e. The van der Waals surface area contributed by atoms with Crippen LogP contribution in [0.3, 0.4) is 0 Å². The first-order valence-electron chi connectivity index (χ1n) is 8.19. The fourth-order valence-corrected chi connectivity index (χ4v) is 2.77. The van der Waals surface area contributed by atoms with Gasteiger partial charge in [0.2, 0.25) is 0 Å². The zero-order valence-corrected chi connectivity index (χ0v) is 16.4. The molecule has 2 rings (SSSR count). The number of aryl methyl sites for hydroxylation is 1. The van der Waals surface area contributed by atoms with Crippen molar-refractivity contribution < 1.29 is 19.2 Å². The van der Waals surface area contributed by atoms with Crippen molar-refractivity contribution in [3.63, 3.8) is 0 Å². The van der Waals surface area contributed by atoms with Crippen LogP contribution in [0, 0.1) is 6.92 Å². The number of esters is 1. The van der Waals surface area contributed by atoms with Gasteiger partial charge in [0.05, 0.1) is 12.8 Å². The Kier molecular flexibility index (Phi) is 7.37. The average Bonchev–Trinajstić information content (AvgIpc) is 2.67. The number of oxime groups is 2. The lowest BCUT2D eigenvalue weighted by molar-refractivity contribution is -0.132. The molecule has 0 aromatic heterocycles. The van der Waals surface area contributed by atoms with Gasteiger partial charge in [-0.05, 0) is 25.5 Å². The number of carbonyl (C=O) groups is 1. The lowest BCUT2D eigenvalue weighted by Gasteiger charge is -2.12. The quantitative estimate of drug-likeness (QED) is 0.406. The number of ether oxygens (including phenoxy) is 1. The fourth-order valence-electron chi connectivity index (χ4n) is 2.50. The van der Waals surface area contributed by atoms with Gasteiger partial charge in [-0.25, -0.2) is 4.79 Å². The fraction of sp³-hybridized carbons (Fsp3) is 0.250. The topological polar surface area (TPSA) is 69.5 Å². The summed E-state index contributed by atoms with van der Waals surface area (Å²) in [5.41, 5.74) is 3.75. The zero-order valence-electron chi connectivity index (χ0n) is 15.7. The molecular weight excluding hydrogens is 368 g/mol. The Morgan fingerprint density at radius 1 is 1.04 bits per heavy atom. The van der Waals surface area contributed by atoms with Crippen LogP contribution in [0.25, 0.3) is 0 Å². The summed E-state index contributed by atoms with van der Waals surface area (Å²) in [4.78, 5) is 22.4. The van der Waals surface area contributed by atoms with E-state index >= 15 is 0 Å². The third-order valence-corrected chi connectivity index (χ3v) is 4.23. The van der Waals surface area contributed by atoms with Gasteiger partial charge in [-0.2, -0.15) is 0 Å². The SMILES string of the molecule is CO/N=C(/C(=O)OC)c1cccc(C)c1CO/N=C(\C)c1ccccc1Cl. The van der Waals surface area contributed by atoms with Gasteiger partial charge in [0, 0.05) is 21.7 Å². The third kappa shape index (κ3) is 5.08. The molecule has 0 radical (unpaired) electrons. The molecule has 27 heavy (non-hydrogen) atoms. The van der Waals surface area contributed by atoms with Crippen molar-refractivity contribution in [3.05, 3.63) is 69.7 Å². The summed E-state index contributed by atoms with van der Waals surface area (Å²) < 4.78 is 4.80. The van der Waals surface area contributed by atoms with Gasteiger partial charge >= 0.3 is 5.97 Å². The normalized spacial score (nSPS) is 11.9. The molecule has 0 amide bonds. The molecule has 0 aliphatic rings. The van der Waals surface area contributed by atoms with E-state index in [4.69, 9.17) is 26.0 Å². The molecule has 2 aromatic carbocycles. The maximum absolute atomic E-state index is 12.1. The predicted octanol–water partition coefficient (Wildman–Crippen LogP) is 4.11. The monoisotopic (exact) mass is 388 g/mol. The first-order chi connectivity index (χ1) is 13.0. The average molecular weight is 389 g/mol. The van der Waals surface area contributed by atoms with Crippen molar-refractivity contribution in [1.82, 2.24) is 0 Å². The number of rotatable bonds is 7. The van der Waals surface area contributed by atoms with E-state index in [1.807, 2.05) is 44.2 Å². The molecule has 0 aliphatic heterocycles. The Hall–Kier alpha value is -2.86. The van der Waals surface area contributed by atoms with Crippen molar-refractivity contribution in [2.75, 3.05) is 14.2 Å². The van der Waals surface area contributed by atoms with Gasteiger partial charge in [-0.1, -0.05) is 58.3 Å². The molecule has 0 fully saturated rings. The number of nitrogens with zero attached hydrogens (tertiary/aromatic N) is 2. The molecule has 6 nitrogen and oxygen atoms in total. The first kappa shape index (κ1) is 20.5. The summed E-state index contributed by atoms with van der Waals surface area (Å²) in [6.45, 7) is 3.87. The molecule has 0 atom stereocenters. The Bertz CT molecular complexity index is 878. The molecular formula is C20H21ClN2O4. The van der Waals surface area contributed by atoms with E-state index in [1.54, 1.807) is 12.1 Å². The number of carbonyl (C=O) groups excluding carboxylic acids is 1. The van der Waals surface area contributed by atoms with E-state index < -0.39 is 5.97 Å². The minimum atomic E-state index is -0.598. The van der Waals surface area contributed by atoms with Crippen LogP contribution >= 0.6 is 11.6 Å². The second kappa shape index (κ2) is 9.73. The van der Waals surface area contributed by atoms with Gasteiger partial charge in [0.15, 0.2) is 5.71 Å². The van der Waals surface area contributed by atoms with E-state index in [1.165, 1.54) is 14.2 Å². The molecule has 2 aromatic rings. The van der Waals surface area contributed by atoms with Crippen LogP contribution in [0.4, 0.5) is 0 Å².